The van der Waals surface area contributed by atoms with Gasteiger partial charge in [0.05, 0.1) is 10.9 Å². The van der Waals surface area contributed by atoms with Crippen LogP contribution in [0.4, 0.5) is 0 Å². The highest BCUT2D eigenvalue weighted by Gasteiger charge is 2.35. The lowest BCUT2D eigenvalue weighted by molar-refractivity contribution is 0.260. The highest BCUT2D eigenvalue weighted by molar-refractivity contribution is 8.68. The lowest BCUT2D eigenvalue weighted by atomic mass is 9.72. The van der Waals surface area contributed by atoms with Gasteiger partial charge in [-0.3, -0.25) is 9.97 Å². The molecule has 6 heteroatoms. The predicted molar refractivity (Wildman–Crippen MR) is 135 cm³/mol. The fraction of sp³-hybridized carbons (Fsp3) is 0.600. The number of aryl methyl sites for hydroxylation is 1. The quantitative estimate of drug-likeness (QED) is 0.394. The van der Waals surface area contributed by atoms with Gasteiger partial charge in [-0.15, -0.1) is 11.7 Å². The van der Waals surface area contributed by atoms with Crippen LogP contribution in [0.15, 0.2) is 36.7 Å². The molecule has 0 saturated carbocycles. The van der Waals surface area contributed by atoms with E-state index in [-0.39, 0.29) is 5.41 Å². The Morgan fingerprint density at radius 1 is 1.13 bits per heavy atom. The molecule has 2 aliphatic heterocycles. The normalized spacial score (nSPS) is 26.0. The van der Waals surface area contributed by atoms with Crippen LogP contribution in [0.2, 0.25) is 0 Å². The SMILES string of the molecule is CCc1ccc(C2(C)CCNC(CC(SS)c3ccc(C4CCNCC4)cn3)C2)cn1. The molecule has 2 saturated heterocycles. The summed E-state index contributed by atoms with van der Waals surface area (Å²) >= 11 is 4.62. The highest BCUT2D eigenvalue weighted by atomic mass is 33.1. The maximum atomic E-state index is 4.88. The summed E-state index contributed by atoms with van der Waals surface area (Å²) in [5.74, 6) is 0.651. The molecule has 0 amide bonds. The Labute approximate surface area is 196 Å². The zero-order valence-corrected chi connectivity index (χ0v) is 20.5. The maximum Gasteiger partial charge on any atom is 0.0586 e. The third-order valence-electron chi connectivity index (χ3n) is 7.27. The number of hydrogen-bond acceptors (Lipinski definition) is 6. The number of rotatable bonds is 7. The van der Waals surface area contributed by atoms with E-state index in [9.17, 15) is 0 Å². The molecule has 4 heterocycles. The van der Waals surface area contributed by atoms with E-state index in [1.807, 2.05) is 0 Å². The summed E-state index contributed by atoms with van der Waals surface area (Å²) in [5.41, 5.74) is 5.26. The summed E-state index contributed by atoms with van der Waals surface area (Å²) in [7, 11) is 1.63. The van der Waals surface area contributed by atoms with Crippen LogP contribution in [-0.4, -0.2) is 35.6 Å². The fourth-order valence-corrected chi connectivity index (χ4v) is 6.32. The van der Waals surface area contributed by atoms with E-state index in [4.69, 9.17) is 4.98 Å². The zero-order valence-electron chi connectivity index (χ0n) is 18.8. The Balaban J connectivity index is 1.41. The van der Waals surface area contributed by atoms with Gasteiger partial charge in [0.15, 0.2) is 0 Å². The second-order valence-corrected chi connectivity index (χ2v) is 10.8. The van der Waals surface area contributed by atoms with Crippen LogP contribution in [0.3, 0.4) is 0 Å². The average molecular weight is 457 g/mol. The molecule has 0 radical (unpaired) electrons. The molecule has 31 heavy (non-hydrogen) atoms. The number of nitrogens with zero attached hydrogens (tertiary/aromatic N) is 2. The minimum absolute atomic E-state index is 0.174. The Morgan fingerprint density at radius 3 is 2.61 bits per heavy atom. The minimum Gasteiger partial charge on any atom is -0.317 e. The van der Waals surface area contributed by atoms with Gasteiger partial charge in [0.2, 0.25) is 0 Å². The van der Waals surface area contributed by atoms with E-state index in [2.05, 4.69) is 77.8 Å². The molecule has 0 spiro atoms. The van der Waals surface area contributed by atoms with Crippen LogP contribution in [0, 0.1) is 0 Å². The van der Waals surface area contributed by atoms with Crippen molar-refractivity contribution in [1.29, 1.82) is 0 Å². The molecule has 4 nitrogen and oxygen atoms in total. The Kier molecular flexibility index (Phi) is 7.96. The van der Waals surface area contributed by atoms with Crippen LogP contribution in [0.5, 0.6) is 0 Å². The van der Waals surface area contributed by atoms with Gasteiger partial charge in [0.25, 0.3) is 0 Å². The average Bonchev–Trinajstić information content (AvgIpc) is 2.83. The number of aromatic nitrogens is 2. The van der Waals surface area contributed by atoms with Crippen LogP contribution in [-0.2, 0) is 11.8 Å². The topological polar surface area (TPSA) is 49.8 Å². The van der Waals surface area contributed by atoms with Crippen molar-refractivity contribution in [2.45, 2.75) is 75.0 Å². The van der Waals surface area contributed by atoms with E-state index in [1.54, 1.807) is 10.8 Å². The van der Waals surface area contributed by atoms with E-state index < -0.39 is 0 Å². The molecule has 0 bridgehead atoms. The summed E-state index contributed by atoms with van der Waals surface area (Å²) in [6.45, 7) is 7.84. The van der Waals surface area contributed by atoms with E-state index >= 15 is 0 Å². The van der Waals surface area contributed by atoms with Crippen molar-refractivity contribution in [2.75, 3.05) is 19.6 Å². The molecule has 2 aliphatic rings. The monoisotopic (exact) mass is 456 g/mol. The third kappa shape index (κ3) is 5.65. The van der Waals surface area contributed by atoms with E-state index in [0.29, 0.717) is 17.2 Å². The van der Waals surface area contributed by atoms with Crippen LogP contribution in [0.25, 0.3) is 0 Å². The first-order chi connectivity index (χ1) is 15.1. The van der Waals surface area contributed by atoms with Gasteiger partial charge >= 0.3 is 0 Å². The smallest absolute Gasteiger partial charge is 0.0586 e. The van der Waals surface area contributed by atoms with Crippen molar-refractivity contribution in [3.8, 4) is 0 Å². The fourth-order valence-electron chi connectivity index (χ4n) is 5.17. The van der Waals surface area contributed by atoms with E-state index in [1.165, 1.54) is 29.7 Å². The molecule has 2 aromatic heterocycles. The Morgan fingerprint density at radius 2 is 1.97 bits per heavy atom. The summed E-state index contributed by atoms with van der Waals surface area (Å²) in [6.07, 6.45) is 11.0. The molecule has 168 valence electrons. The van der Waals surface area contributed by atoms with Crippen molar-refractivity contribution in [2.24, 2.45) is 0 Å². The number of thiol groups is 1. The molecule has 2 fully saturated rings. The summed E-state index contributed by atoms with van der Waals surface area (Å²) in [4.78, 5) is 9.54. The first-order valence-electron chi connectivity index (χ1n) is 11.8. The molecule has 3 atom stereocenters. The van der Waals surface area contributed by atoms with E-state index in [0.717, 1.165) is 51.0 Å². The van der Waals surface area contributed by atoms with Crippen LogP contribution >= 0.6 is 22.5 Å². The van der Waals surface area contributed by atoms with Gasteiger partial charge < -0.3 is 10.6 Å². The largest absolute Gasteiger partial charge is 0.317 e. The molecular weight excluding hydrogens is 420 g/mol. The second-order valence-electron chi connectivity index (χ2n) is 9.43. The zero-order chi connectivity index (χ0) is 21.7. The lowest BCUT2D eigenvalue weighted by Crippen LogP contribution is -2.45. The molecule has 2 aromatic rings. The van der Waals surface area contributed by atoms with Gasteiger partial charge in [0.1, 0.15) is 0 Å². The summed E-state index contributed by atoms with van der Waals surface area (Å²) in [5, 5.41) is 7.51. The molecule has 4 rings (SSSR count). The van der Waals surface area contributed by atoms with Gasteiger partial charge in [-0.1, -0.05) is 36.8 Å². The van der Waals surface area contributed by atoms with Crippen LogP contribution < -0.4 is 10.6 Å². The summed E-state index contributed by atoms with van der Waals surface area (Å²) in [6, 6.07) is 9.48. The van der Waals surface area contributed by atoms with Crippen LogP contribution in [0.1, 0.15) is 79.6 Å². The van der Waals surface area contributed by atoms with Gasteiger partial charge in [-0.05, 0) is 92.8 Å². The van der Waals surface area contributed by atoms with Crippen molar-refractivity contribution in [3.63, 3.8) is 0 Å². The number of piperidine rings is 2. The second kappa shape index (κ2) is 10.7. The highest BCUT2D eigenvalue weighted by Crippen LogP contribution is 2.41. The molecule has 0 aromatic carbocycles. The molecule has 0 aliphatic carbocycles. The van der Waals surface area contributed by atoms with Gasteiger partial charge in [-0.2, -0.15) is 0 Å². The molecule has 3 unspecified atom stereocenters. The van der Waals surface area contributed by atoms with Crippen molar-refractivity contribution in [1.82, 2.24) is 20.6 Å². The van der Waals surface area contributed by atoms with Crippen molar-refractivity contribution >= 4 is 22.5 Å². The first-order valence-corrected chi connectivity index (χ1v) is 13.7. The third-order valence-corrected chi connectivity index (χ3v) is 8.72. The predicted octanol–water partition coefficient (Wildman–Crippen LogP) is 5.23. The van der Waals surface area contributed by atoms with Gasteiger partial charge in [0, 0.05) is 24.1 Å². The first kappa shape index (κ1) is 23.1. The summed E-state index contributed by atoms with van der Waals surface area (Å²) < 4.78 is 0. The maximum absolute atomic E-state index is 4.88. The number of pyridine rings is 2. The minimum atomic E-state index is 0.174. The van der Waals surface area contributed by atoms with Crippen molar-refractivity contribution in [3.05, 3.63) is 59.2 Å². The van der Waals surface area contributed by atoms with Crippen molar-refractivity contribution < 1.29 is 0 Å². The Hall–Kier alpha value is -1.08. The molecular formula is C25H36N4S2. The number of hydrogen-bond donors (Lipinski definition) is 3. The van der Waals surface area contributed by atoms with Gasteiger partial charge in [-0.25, -0.2) is 0 Å². The Bertz CT molecular complexity index is 820. The standard InChI is InChI=1S/C25H36N4S2/c1-3-21-6-5-20(17-28-21)25(2)10-13-27-22(15-25)14-24(31-30)23-7-4-19(16-29-23)18-8-11-26-12-9-18/h4-7,16-18,22,24,26-27,30H,3,8-15H2,1-2H3. The number of nitrogens with one attached hydrogen (secondary N) is 2. The molecule has 2 N–H and O–H groups in total. The lowest BCUT2D eigenvalue weighted by Gasteiger charge is -2.40.